The third kappa shape index (κ3) is 3.33. The van der Waals surface area contributed by atoms with Crippen molar-refractivity contribution < 1.29 is 23.9 Å². The molecule has 2 aromatic carbocycles. The summed E-state index contributed by atoms with van der Waals surface area (Å²) < 4.78 is 5.62. The molecule has 8 heteroatoms. The quantitative estimate of drug-likeness (QED) is 0.264. The van der Waals surface area contributed by atoms with E-state index in [9.17, 15) is 19.2 Å². The Balaban J connectivity index is 1.07. The molecule has 2 saturated carbocycles. The van der Waals surface area contributed by atoms with E-state index in [2.05, 4.69) is 12.2 Å². The van der Waals surface area contributed by atoms with Crippen molar-refractivity contribution in [2.75, 3.05) is 16.3 Å². The number of amides is 3. The average Bonchev–Trinajstić information content (AvgIpc) is 3.56. The van der Waals surface area contributed by atoms with Crippen molar-refractivity contribution in [3.8, 4) is 5.75 Å². The fourth-order valence-corrected chi connectivity index (χ4v) is 7.34. The number of esters is 1. The van der Waals surface area contributed by atoms with Crippen LogP contribution < -0.4 is 14.5 Å². The van der Waals surface area contributed by atoms with Crippen LogP contribution in [0.3, 0.4) is 0 Å². The van der Waals surface area contributed by atoms with Crippen molar-refractivity contribution in [1.82, 2.24) is 0 Å². The van der Waals surface area contributed by atoms with Gasteiger partial charge in [0.05, 0.1) is 34.2 Å². The van der Waals surface area contributed by atoms with Crippen LogP contribution in [0.5, 0.6) is 5.75 Å². The molecule has 37 heavy (non-hydrogen) atoms. The van der Waals surface area contributed by atoms with Crippen LogP contribution in [0.1, 0.15) is 18.4 Å². The highest BCUT2D eigenvalue weighted by Gasteiger charge is 2.67. The summed E-state index contributed by atoms with van der Waals surface area (Å²) >= 11 is 6.24. The smallest absolute Gasteiger partial charge is 0.316 e. The Hall–Kier alpha value is -3.45. The number of rotatable bonds is 4. The molecule has 2 aliphatic heterocycles. The number of para-hydroxylation sites is 1. The largest absolute Gasteiger partial charge is 0.426 e. The van der Waals surface area contributed by atoms with Gasteiger partial charge in [-0.05, 0) is 72.9 Å². The van der Waals surface area contributed by atoms with E-state index >= 15 is 0 Å². The van der Waals surface area contributed by atoms with Gasteiger partial charge < -0.3 is 9.64 Å². The van der Waals surface area contributed by atoms with Crippen molar-refractivity contribution in [3.63, 3.8) is 0 Å². The third-order valence-corrected chi connectivity index (χ3v) is 9.21. The first-order valence-corrected chi connectivity index (χ1v) is 13.1. The van der Waals surface area contributed by atoms with Gasteiger partial charge in [0.2, 0.25) is 17.7 Å². The zero-order valence-electron chi connectivity index (χ0n) is 20.2. The monoisotopic (exact) mass is 516 g/mol. The molecule has 2 heterocycles. The van der Waals surface area contributed by atoms with Gasteiger partial charge in [0.15, 0.2) is 0 Å². The summed E-state index contributed by atoms with van der Waals surface area (Å²) in [5.41, 5.74) is 1.79. The molecule has 4 fully saturated rings. The maximum absolute atomic E-state index is 13.4. The van der Waals surface area contributed by atoms with Crippen molar-refractivity contribution in [2.24, 2.45) is 41.4 Å². The van der Waals surface area contributed by atoms with Gasteiger partial charge >= 0.3 is 5.97 Å². The minimum atomic E-state index is -0.622. The molecule has 7 atom stereocenters. The lowest BCUT2D eigenvalue weighted by Crippen LogP contribution is -2.40. The van der Waals surface area contributed by atoms with Crippen LogP contribution in [-0.4, -0.2) is 30.2 Å². The minimum Gasteiger partial charge on any atom is -0.426 e. The van der Waals surface area contributed by atoms with Crippen LogP contribution in [0.2, 0.25) is 5.02 Å². The molecule has 8 rings (SSSR count). The number of carbonyl (C=O) groups excluding carboxylic acids is 4. The Morgan fingerprint density at radius 3 is 2.27 bits per heavy atom. The first-order chi connectivity index (χ1) is 17.8. The number of allylic oxidation sites excluding steroid dienone is 2. The van der Waals surface area contributed by atoms with E-state index in [1.807, 2.05) is 0 Å². The molecular weight excluding hydrogens is 492 g/mol. The predicted molar refractivity (Wildman–Crippen MR) is 136 cm³/mol. The van der Waals surface area contributed by atoms with Crippen LogP contribution in [0.15, 0.2) is 54.6 Å². The lowest BCUT2D eigenvalue weighted by molar-refractivity contribution is -0.139. The number of hydrogen-bond acceptors (Lipinski definition) is 5. The standard InChI is InChI=1S/C29H25ClN2O5/c1-14-10-16(37-29(36)15-11-24(33)31(13-15)23-5-3-2-4-21(23)30)6-9-22(14)32-27(34)25-17-7-8-18(20-12-19(17)20)26(25)28(32)35/h2-10,15,17-20,25-26H,11-13H2,1H3/t15-,17+,18+,19-,20+,25-,26+/m1/s1. The topological polar surface area (TPSA) is 84.0 Å². The summed E-state index contributed by atoms with van der Waals surface area (Å²) in [7, 11) is 0. The number of nitrogens with zero attached hydrogens (tertiary/aromatic N) is 2. The van der Waals surface area contributed by atoms with E-state index in [1.54, 1.807) is 49.4 Å². The molecule has 0 unspecified atom stereocenters. The van der Waals surface area contributed by atoms with Crippen molar-refractivity contribution in [1.29, 1.82) is 0 Å². The fourth-order valence-electron chi connectivity index (χ4n) is 7.11. The van der Waals surface area contributed by atoms with E-state index in [4.69, 9.17) is 16.3 Å². The SMILES string of the molecule is Cc1cc(OC(=O)[C@@H]2CC(=O)N(c3ccccc3Cl)C2)ccc1N1C(=O)[C@@H]2[C@H]3C=C[C@@H]([C@@H]4C[C@H]34)[C@@H]2C1=O. The molecule has 2 aromatic rings. The molecule has 188 valence electrons. The van der Waals surface area contributed by atoms with Crippen LogP contribution in [0.4, 0.5) is 11.4 Å². The molecule has 0 radical (unpaired) electrons. The molecule has 0 N–H and O–H groups in total. The van der Waals surface area contributed by atoms with Crippen molar-refractivity contribution in [3.05, 3.63) is 65.2 Å². The third-order valence-electron chi connectivity index (χ3n) is 8.89. The fraction of sp³-hybridized carbons (Fsp3) is 0.379. The molecule has 3 amide bonds. The Bertz CT molecular complexity index is 1380. The number of carbonyl (C=O) groups is 4. The van der Waals surface area contributed by atoms with Gasteiger partial charge in [-0.1, -0.05) is 35.9 Å². The van der Waals surface area contributed by atoms with E-state index in [-0.39, 0.29) is 54.4 Å². The predicted octanol–water partition coefficient (Wildman–Crippen LogP) is 4.16. The Morgan fingerprint density at radius 1 is 0.946 bits per heavy atom. The summed E-state index contributed by atoms with van der Waals surface area (Å²) in [4.78, 5) is 55.2. The molecular formula is C29H25ClN2O5. The van der Waals surface area contributed by atoms with Gasteiger partial charge in [0, 0.05) is 13.0 Å². The Morgan fingerprint density at radius 2 is 1.62 bits per heavy atom. The summed E-state index contributed by atoms with van der Waals surface area (Å²) in [6.45, 7) is 1.99. The highest BCUT2D eigenvalue weighted by atomic mass is 35.5. The molecule has 4 aliphatic carbocycles. The first kappa shape index (κ1) is 22.7. The normalized spacial score (nSPS) is 33.1. The van der Waals surface area contributed by atoms with Crippen LogP contribution in [0.25, 0.3) is 0 Å². The van der Waals surface area contributed by atoms with Crippen LogP contribution in [0, 0.1) is 48.3 Å². The molecule has 0 spiro atoms. The summed E-state index contributed by atoms with van der Waals surface area (Å²) in [5.74, 6) is -0.312. The first-order valence-electron chi connectivity index (χ1n) is 12.8. The number of imide groups is 1. The number of benzene rings is 2. The van der Waals surface area contributed by atoms with E-state index in [1.165, 1.54) is 9.80 Å². The average molecular weight is 517 g/mol. The number of anilines is 2. The van der Waals surface area contributed by atoms with Gasteiger partial charge in [0.25, 0.3) is 0 Å². The zero-order valence-corrected chi connectivity index (χ0v) is 20.9. The number of hydrogen-bond donors (Lipinski definition) is 0. The molecule has 7 nitrogen and oxygen atoms in total. The number of halogens is 1. The highest BCUT2D eigenvalue weighted by molar-refractivity contribution is 6.34. The van der Waals surface area contributed by atoms with E-state index < -0.39 is 11.9 Å². The summed E-state index contributed by atoms with van der Waals surface area (Å²) in [6.07, 6.45) is 5.48. The molecule has 2 bridgehead atoms. The van der Waals surface area contributed by atoms with Gasteiger partial charge in [0.1, 0.15) is 5.75 Å². The van der Waals surface area contributed by atoms with E-state index in [0.717, 1.165) is 6.42 Å². The van der Waals surface area contributed by atoms with Gasteiger partial charge in [-0.25, -0.2) is 4.90 Å². The number of ether oxygens (including phenoxy) is 1. The highest BCUT2D eigenvalue weighted by Crippen LogP contribution is 2.65. The van der Waals surface area contributed by atoms with Crippen LogP contribution in [-0.2, 0) is 19.2 Å². The summed E-state index contributed by atoms with van der Waals surface area (Å²) in [5, 5.41) is 0.447. The van der Waals surface area contributed by atoms with Gasteiger partial charge in [-0.2, -0.15) is 0 Å². The van der Waals surface area contributed by atoms with Crippen molar-refractivity contribution in [2.45, 2.75) is 19.8 Å². The molecule has 6 aliphatic rings. The minimum absolute atomic E-state index is 0.0407. The maximum Gasteiger partial charge on any atom is 0.316 e. The Labute approximate surface area is 219 Å². The lowest BCUT2D eigenvalue weighted by Gasteiger charge is -2.37. The molecule has 2 saturated heterocycles. The molecule has 0 aromatic heterocycles. The van der Waals surface area contributed by atoms with E-state index in [0.29, 0.717) is 39.5 Å². The van der Waals surface area contributed by atoms with Gasteiger partial charge in [-0.15, -0.1) is 0 Å². The second-order valence-electron chi connectivity index (χ2n) is 10.9. The van der Waals surface area contributed by atoms with Crippen molar-refractivity contribution >= 4 is 46.7 Å². The lowest BCUT2D eigenvalue weighted by atomic mass is 9.63. The van der Waals surface area contributed by atoms with Gasteiger partial charge in [-0.3, -0.25) is 19.2 Å². The Kier molecular flexibility index (Phi) is 4.93. The second-order valence-corrected chi connectivity index (χ2v) is 11.3. The van der Waals surface area contributed by atoms with Crippen LogP contribution >= 0.6 is 11.6 Å². The summed E-state index contributed by atoms with van der Waals surface area (Å²) in [6, 6.07) is 12.0. The zero-order chi connectivity index (χ0) is 25.6. The number of aryl methyl sites for hydroxylation is 1. The second kappa shape index (κ2) is 8.02. The maximum atomic E-state index is 13.4.